The average Bonchev–Trinajstić information content (AvgIpc) is 1.63. The van der Waals surface area contributed by atoms with E-state index in [0.717, 1.165) is 51.9 Å². The molecule has 0 amide bonds. The van der Waals surface area contributed by atoms with E-state index in [1.165, 1.54) is 70.2 Å². The van der Waals surface area contributed by atoms with Gasteiger partial charge in [0.15, 0.2) is 5.78 Å². The molecule has 8 nitrogen and oxygen atoms in total. The molecule has 0 aromatic heterocycles. The summed E-state index contributed by atoms with van der Waals surface area (Å²) in [5.41, 5.74) is 8.05. The van der Waals surface area contributed by atoms with Gasteiger partial charge in [-0.05, 0) is 101 Å². The summed E-state index contributed by atoms with van der Waals surface area (Å²) in [5.74, 6) is 1.61. The summed E-state index contributed by atoms with van der Waals surface area (Å²) < 4.78 is 27.7. The molecule has 15 heteroatoms. The van der Waals surface area contributed by atoms with Gasteiger partial charge in [0.05, 0.1) is 49.0 Å². The number of ketones is 1. The van der Waals surface area contributed by atoms with Crippen LogP contribution in [0.1, 0.15) is 120 Å². The Morgan fingerprint density at radius 3 is 0.851 bits per heavy atom. The summed E-state index contributed by atoms with van der Waals surface area (Å²) in [5, 5.41) is 23.1. The van der Waals surface area contributed by atoms with Gasteiger partial charge in [-0.2, -0.15) is 0 Å². The van der Waals surface area contributed by atoms with Gasteiger partial charge in [0.25, 0.3) is 0 Å². The van der Waals surface area contributed by atoms with Gasteiger partial charge in [0.1, 0.15) is 11.3 Å². The monoisotopic (exact) mass is 1400 g/mol. The first-order valence-electron chi connectivity index (χ1n) is 32.7. The number of rotatable bonds is 15. The first kappa shape index (κ1) is 76.5. The Hall–Kier alpha value is -4.87. The molecular weight excluding hydrogens is 1320 g/mol. The minimum atomic E-state index is -0.929. The van der Waals surface area contributed by atoms with E-state index in [4.69, 9.17) is 0 Å². The van der Waals surface area contributed by atoms with Gasteiger partial charge in [-0.25, -0.2) is 21.6 Å². The largest absolute Gasteiger partial charge is 2.00 e. The smallest absolute Gasteiger partial charge is 1.00 e. The van der Waals surface area contributed by atoms with Crippen LogP contribution in [0.4, 0.5) is 8.78 Å². The predicted octanol–water partition coefficient (Wildman–Crippen LogP) is 12.1. The summed E-state index contributed by atoms with van der Waals surface area (Å²) in [6.07, 6.45) is 11.6. The van der Waals surface area contributed by atoms with Crippen molar-refractivity contribution in [1.29, 1.82) is 0 Å². The third kappa shape index (κ3) is 20.1. The molecule has 4 aliphatic carbocycles. The van der Waals surface area contributed by atoms with Crippen LogP contribution in [0.15, 0.2) is 243 Å². The zero-order valence-electron chi connectivity index (χ0n) is 53.7. The fourth-order valence-electron chi connectivity index (χ4n) is 13.5. The molecule has 0 atom stereocenters. The Bertz CT molecular complexity index is 3150. The van der Waals surface area contributed by atoms with Crippen molar-refractivity contribution in [3.05, 3.63) is 294 Å². The number of likely N-dealkylation sites (tertiary alicyclic amines) is 4. The molecule has 0 bridgehead atoms. The number of carbonyl (C=O) groups excluding carboxylic acids is 1. The molecule has 9 fully saturated rings. The van der Waals surface area contributed by atoms with Crippen LogP contribution in [0.3, 0.4) is 0 Å². The Morgan fingerprint density at radius 1 is 0.394 bits per heavy atom. The minimum absolute atomic E-state index is 0. The van der Waals surface area contributed by atoms with Gasteiger partial charge in [0.2, 0.25) is 0 Å². The van der Waals surface area contributed by atoms with Crippen molar-refractivity contribution in [1.82, 2.24) is 24.9 Å². The van der Waals surface area contributed by atoms with E-state index < -0.39 is 16.9 Å². The maximum atomic E-state index is 14.7. The van der Waals surface area contributed by atoms with Crippen molar-refractivity contribution in [2.75, 3.05) is 65.4 Å². The Kier molecular flexibility index (Phi) is 29.4. The molecule has 17 rings (SSSR count). The summed E-state index contributed by atoms with van der Waals surface area (Å²) in [6, 6.07) is 84.8. The maximum Gasteiger partial charge on any atom is 2.00 e. The van der Waals surface area contributed by atoms with Crippen molar-refractivity contribution in [3.8, 4) is 0 Å². The number of aliphatic hydroxyl groups excluding tert-OH is 1. The number of alkyl halides is 2. The van der Waals surface area contributed by atoms with E-state index in [1.54, 1.807) is 0 Å². The predicted molar refractivity (Wildman–Crippen MR) is 381 cm³/mol. The van der Waals surface area contributed by atoms with E-state index in [9.17, 15) is 23.8 Å². The van der Waals surface area contributed by atoms with Crippen LogP contribution in [0.25, 0.3) is 0 Å². The van der Waals surface area contributed by atoms with Crippen molar-refractivity contribution >= 4 is 66.1 Å². The molecule has 3 N–H and O–H groups in total. The molecule has 0 spiro atoms. The molecule has 5 heterocycles. The summed E-state index contributed by atoms with van der Waals surface area (Å²) in [4.78, 5) is 20.5. The van der Waals surface area contributed by atoms with E-state index in [1.807, 2.05) is 60.7 Å². The second-order valence-corrected chi connectivity index (χ2v) is 26.2. The number of aliphatic hydroxyl groups is 2. The van der Waals surface area contributed by atoms with Gasteiger partial charge in [0, 0.05) is 52.4 Å². The second kappa shape index (κ2) is 36.1. The molecule has 9 aliphatic rings. The maximum absolute atomic E-state index is 14.7. The fourth-order valence-corrected chi connectivity index (χ4v) is 13.5. The van der Waals surface area contributed by atoms with Gasteiger partial charge in [-0.1, -0.05) is 243 Å². The van der Waals surface area contributed by atoms with E-state index >= 15 is 0 Å². The topological polar surface area (TPSA) is 82.5 Å². The molecule has 4 saturated carbocycles. The second-order valence-electron chi connectivity index (χ2n) is 26.2. The van der Waals surface area contributed by atoms with Crippen LogP contribution >= 0.6 is 37.2 Å². The number of halogens is 6. The number of hydrogen-bond acceptors (Lipinski definition) is 8. The number of carbonyl (C=O) groups is 1. The standard InChI is InChI=1S/C19H20FN.C19H21NO.C16H17NO.C16H15NO.C6H10FN.C3H5.BrH.3ClH.Mg/c20-19(17-11-12-17)13-21(14-19)18(15-7-3-1-4-8-15)16-9-5-2-6-10-16;21-19(17-11-12-17)13-20(14-19)18(15-7-3-1-4-8-15)16-9-5-2-6-10-16;2*18-15-11-17(12-15)16(13-7-3-1-4-8-13)14-9-5-2-6-10-14;7-6(3-8-4-6)5-1-2-5;1-2-3-1;;;;;/h1-10,17-18H,11-14H2;1-10,17-18,21H,11-14H2;1-10,15-16,18H,11-12H2;1-10,16H,11-12H2;5,8H,1-4H2;1H,2-3H2;4*1H;/q;;;;;-1;;;;;+2/p-1. The summed E-state index contributed by atoms with van der Waals surface area (Å²) >= 11 is 0. The van der Waals surface area contributed by atoms with Crippen LogP contribution in [0, 0.1) is 24.2 Å². The van der Waals surface area contributed by atoms with Crippen LogP contribution in [0.2, 0.25) is 0 Å². The number of nitrogens with zero attached hydrogens (tertiary/aromatic N) is 4. The molecular formula is C79H91BrCl3F2MgN5O3. The quantitative estimate of drug-likeness (QED) is 0.0692. The molecule has 94 heavy (non-hydrogen) atoms. The normalized spacial score (nSPS) is 19.4. The van der Waals surface area contributed by atoms with Crippen LogP contribution < -0.4 is 22.3 Å². The average molecular weight is 1410 g/mol. The van der Waals surface area contributed by atoms with Crippen molar-refractivity contribution in [3.63, 3.8) is 0 Å². The van der Waals surface area contributed by atoms with Crippen molar-refractivity contribution in [2.45, 2.75) is 98.6 Å². The Morgan fingerprint density at radius 2 is 0.638 bits per heavy atom. The first-order chi connectivity index (χ1) is 43.5. The fraction of sp³-hybridized carbons (Fsp3) is 0.367. The Balaban J connectivity index is 0.000000165. The minimum Gasteiger partial charge on any atom is -1.00 e. The molecule has 8 aromatic rings. The summed E-state index contributed by atoms with van der Waals surface area (Å²) in [7, 11) is 0. The third-order valence-electron chi connectivity index (χ3n) is 19.0. The zero-order chi connectivity index (χ0) is 61.1. The molecule has 5 saturated heterocycles. The van der Waals surface area contributed by atoms with Gasteiger partial charge < -0.3 is 38.9 Å². The number of nitrogens with one attached hydrogen (secondary N) is 1. The molecule has 8 aromatic carbocycles. The first-order valence-corrected chi connectivity index (χ1v) is 32.7. The third-order valence-corrected chi connectivity index (χ3v) is 19.0. The number of β-amino-alcohol motifs (C(OH)–C–C–N with tert-alkyl or cyclic N) is 2. The van der Waals surface area contributed by atoms with E-state index in [2.05, 4.69) is 213 Å². The number of hydrogen-bond donors (Lipinski definition) is 3. The number of Topliss-reactive ketones (excluding diaryl/α,β-unsaturated/α-hetero) is 1. The van der Waals surface area contributed by atoms with Crippen molar-refractivity contribution in [2.24, 2.45) is 17.8 Å². The number of benzene rings is 8. The van der Waals surface area contributed by atoms with Crippen LogP contribution in [0.5, 0.6) is 0 Å². The van der Waals surface area contributed by atoms with Crippen molar-refractivity contribution < 1.29 is 40.8 Å². The molecule has 494 valence electrons. The van der Waals surface area contributed by atoms with Gasteiger partial charge in [-0.3, -0.25) is 24.4 Å². The molecule has 0 unspecified atom stereocenters. The molecule has 5 aliphatic heterocycles. The van der Waals surface area contributed by atoms with Gasteiger partial charge in [-0.15, -0.1) is 37.2 Å². The summed E-state index contributed by atoms with van der Waals surface area (Å²) in [6.45, 7) is 6.61. The Labute approximate surface area is 602 Å². The van der Waals surface area contributed by atoms with Crippen LogP contribution in [-0.4, -0.2) is 147 Å². The molecule has 0 radical (unpaired) electrons. The van der Waals surface area contributed by atoms with Crippen LogP contribution in [-0.2, 0) is 4.79 Å². The SMILES string of the molecule is Cl.Cl.Cl.FC1(C2CC2)CN(C(c2ccccc2)c2ccccc2)C1.FC1(C2CC2)CNC1.O=C1CN(C(c2ccccc2)c2ccccc2)C1.OC1(C2CC2)CN(C(c2ccccc2)c2ccccc2)C1.OC1CN(C(c2ccccc2)c2ccccc2)C1.[Br-].[CH-]1CC1.[Mg+2]. The zero-order valence-corrected chi connectivity index (χ0v) is 59.1. The van der Waals surface area contributed by atoms with Gasteiger partial charge >= 0.3 is 23.1 Å². The van der Waals surface area contributed by atoms with E-state index in [0.29, 0.717) is 62.8 Å². The van der Waals surface area contributed by atoms with E-state index in [-0.39, 0.29) is 108 Å².